The van der Waals surface area contributed by atoms with Crippen LogP contribution in [0, 0.1) is 0 Å². The molecule has 0 unspecified atom stereocenters. The molecule has 2 aromatic rings. The summed E-state index contributed by atoms with van der Waals surface area (Å²) in [6.07, 6.45) is 1.60. The summed E-state index contributed by atoms with van der Waals surface area (Å²) in [5.41, 5.74) is 6.79. The Hall–Kier alpha value is -1.98. The van der Waals surface area contributed by atoms with Crippen molar-refractivity contribution in [3.05, 3.63) is 53.9 Å². The molecule has 0 atom stereocenters. The van der Waals surface area contributed by atoms with Gasteiger partial charge in [-0.3, -0.25) is 0 Å². The highest BCUT2D eigenvalue weighted by atomic mass is 32.1. The summed E-state index contributed by atoms with van der Waals surface area (Å²) in [6, 6.07) is 10.6. The van der Waals surface area contributed by atoms with Gasteiger partial charge in [-0.15, -0.1) is 0 Å². The molecule has 3 N–H and O–H groups in total. The molecular formula is C13H12N2O2S. The van der Waals surface area contributed by atoms with E-state index in [0.29, 0.717) is 17.2 Å². The van der Waals surface area contributed by atoms with Crippen molar-refractivity contribution in [1.29, 1.82) is 0 Å². The predicted octanol–water partition coefficient (Wildman–Crippen LogP) is 2.00. The molecule has 0 fully saturated rings. The minimum Gasteiger partial charge on any atom is -0.455 e. The molecule has 0 radical (unpaired) electrons. The van der Waals surface area contributed by atoms with Gasteiger partial charge in [0.05, 0.1) is 6.61 Å². The summed E-state index contributed by atoms with van der Waals surface area (Å²) < 4.78 is 5.67. The number of pyridine rings is 1. The van der Waals surface area contributed by atoms with Crippen LogP contribution >= 0.6 is 12.2 Å². The summed E-state index contributed by atoms with van der Waals surface area (Å²) >= 11 is 4.91. The number of aliphatic hydroxyl groups excluding tert-OH is 1. The molecule has 0 bridgehead atoms. The number of nitrogens with two attached hydrogens (primary N) is 1. The molecular weight excluding hydrogens is 248 g/mol. The first-order valence-corrected chi connectivity index (χ1v) is 5.74. The van der Waals surface area contributed by atoms with Crippen molar-refractivity contribution in [1.82, 2.24) is 4.98 Å². The van der Waals surface area contributed by atoms with Crippen molar-refractivity contribution >= 4 is 17.2 Å². The van der Waals surface area contributed by atoms with Gasteiger partial charge in [0, 0.05) is 6.20 Å². The van der Waals surface area contributed by atoms with E-state index in [-0.39, 0.29) is 11.6 Å². The molecule has 0 spiro atoms. The summed E-state index contributed by atoms with van der Waals surface area (Å²) in [5, 5.41) is 9.06. The van der Waals surface area contributed by atoms with Crippen molar-refractivity contribution in [2.45, 2.75) is 6.61 Å². The largest absolute Gasteiger partial charge is 0.455 e. The fourth-order valence-electron chi connectivity index (χ4n) is 1.49. The van der Waals surface area contributed by atoms with Gasteiger partial charge in [0.15, 0.2) is 5.75 Å². The number of hydrogen-bond acceptors (Lipinski definition) is 4. The van der Waals surface area contributed by atoms with Crippen molar-refractivity contribution in [3.63, 3.8) is 0 Å². The molecule has 0 aliphatic rings. The molecule has 18 heavy (non-hydrogen) atoms. The topological polar surface area (TPSA) is 68.4 Å². The Bertz CT molecular complexity index is 572. The number of thiocarbonyl (C=S) groups is 1. The van der Waals surface area contributed by atoms with Gasteiger partial charge in [0.2, 0.25) is 0 Å². The van der Waals surface area contributed by atoms with Crippen molar-refractivity contribution in [2.75, 3.05) is 0 Å². The molecule has 0 saturated carbocycles. The van der Waals surface area contributed by atoms with Crippen LogP contribution in [-0.4, -0.2) is 15.1 Å². The summed E-state index contributed by atoms with van der Waals surface area (Å²) in [7, 11) is 0. The molecule has 0 aliphatic carbocycles. The Morgan fingerprint density at radius 1 is 1.33 bits per heavy atom. The Morgan fingerprint density at radius 2 is 2.17 bits per heavy atom. The number of nitrogens with zero attached hydrogens (tertiary/aromatic N) is 1. The van der Waals surface area contributed by atoms with Crippen LogP contribution in [0.2, 0.25) is 0 Å². The molecule has 92 valence electrons. The third kappa shape index (κ3) is 2.82. The fourth-order valence-corrected chi connectivity index (χ4v) is 1.65. The van der Waals surface area contributed by atoms with Gasteiger partial charge in [-0.2, -0.15) is 0 Å². The van der Waals surface area contributed by atoms with Crippen molar-refractivity contribution in [3.8, 4) is 11.5 Å². The maximum atomic E-state index is 9.06. The average molecular weight is 260 g/mol. The maximum absolute atomic E-state index is 9.06. The highest BCUT2D eigenvalue weighted by Crippen LogP contribution is 2.24. The third-order valence-electron chi connectivity index (χ3n) is 2.31. The third-order valence-corrected chi connectivity index (χ3v) is 2.51. The Kier molecular flexibility index (Phi) is 3.86. The lowest BCUT2D eigenvalue weighted by Gasteiger charge is -2.09. The second kappa shape index (κ2) is 5.57. The van der Waals surface area contributed by atoms with Crippen LogP contribution < -0.4 is 10.5 Å². The van der Waals surface area contributed by atoms with Crippen LogP contribution in [0.1, 0.15) is 11.3 Å². The van der Waals surface area contributed by atoms with E-state index in [4.69, 9.17) is 27.8 Å². The molecule has 1 aromatic heterocycles. The van der Waals surface area contributed by atoms with E-state index in [1.807, 2.05) is 6.07 Å². The first-order valence-electron chi connectivity index (χ1n) is 5.33. The average Bonchev–Trinajstić information content (AvgIpc) is 2.39. The fraction of sp³-hybridized carbons (Fsp3) is 0.0769. The van der Waals surface area contributed by atoms with E-state index in [2.05, 4.69) is 4.98 Å². The Morgan fingerprint density at radius 3 is 2.89 bits per heavy atom. The number of rotatable bonds is 4. The van der Waals surface area contributed by atoms with E-state index < -0.39 is 0 Å². The molecule has 1 heterocycles. The molecule has 0 saturated heterocycles. The van der Waals surface area contributed by atoms with E-state index >= 15 is 0 Å². The first-order chi connectivity index (χ1) is 8.70. The van der Waals surface area contributed by atoms with Crippen molar-refractivity contribution in [2.24, 2.45) is 5.73 Å². The van der Waals surface area contributed by atoms with E-state index in [1.165, 1.54) is 0 Å². The highest BCUT2D eigenvalue weighted by molar-refractivity contribution is 7.80. The maximum Gasteiger partial charge on any atom is 0.156 e. The summed E-state index contributed by atoms with van der Waals surface area (Å²) in [4.78, 5) is 4.26. The summed E-state index contributed by atoms with van der Waals surface area (Å²) in [5.74, 6) is 1.10. The predicted molar refractivity (Wildman–Crippen MR) is 72.6 cm³/mol. The van der Waals surface area contributed by atoms with Gasteiger partial charge in [-0.25, -0.2) is 4.98 Å². The molecule has 5 heteroatoms. The van der Waals surface area contributed by atoms with Gasteiger partial charge in [0.25, 0.3) is 0 Å². The molecule has 4 nitrogen and oxygen atoms in total. The van der Waals surface area contributed by atoms with Crippen LogP contribution in [0.5, 0.6) is 11.5 Å². The monoisotopic (exact) mass is 260 g/mol. The first kappa shape index (κ1) is 12.5. The van der Waals surface area contributed by atoms with Crippen LogP contribution in [-0.2, 0) is 6.61 Å². The number of benzene rings is 1. The molecule has 2 rings (SSSR count). The minimum atomic E-state index is -0.0353. The Balaban J connectivity index is 2.31. The van der Waals surface area contributed by atoms with Crippen LogP contribution in [0.15, 0.2) is 42.6 Å². The van der Waals surface area contributed by atoms with E-state index in [0.717, 1.165) is 5.56 Å². The zero-order valence-electron chi connectivity index (χ0n) is 9.54. The van der Waals surface area contributed by atoms with Gasteiger partial charge >= 0.3 is 0 Å². The molecule has 0 amide bonds. The van der Waals surface area contributed by atoms with Crippen molar-refractivity contribution < 1.29 is 9.84 Å². The van der Waals surface area contributed by atoms with E-state index in [1.54, 1.807) is 36.5 Å². The quantitative estimate of drug-likeness (QED) is 0.823. The highest BCUT2D eigenvalue weighted by Gasteiger charge is 2.08. The number of aromatic nitrogens is 1. The number of aliphatic hydroxyl groups is 1. The van der Waals surface area contributed by atoms with Gasteiger partial charge in [-0.05, 0) is 29.8 Å². The zero-order valence-corrected chi connectivity index (χ0v) is 10.4. The van der Waals surface area contributed by atoms with Gasteiger partial charge in [0.1, 0.15) is 16.4 Å². The van der Waals surface area contributed by atoms with Crippen LogP contribution in [0.25, 0.3) is 0 Å². The lowest BCUT2D eigenvalue weighted by atomic mass is 10.2. The Labute approximate surface area is 110 Å². The summed E-state index contributed by atoms with van der Waals surface area (Å²) in [6.45, 7) is -0.0353. The zero-order chi connectivity index (χ0) is 13.0. The van der Waals surface area contributed by atoms with Crippen LogP contribution in [0.3, 0.4) is 0 Å². The smallest absolute Gasteiger partial charge is 0.156 e. The molecule has 1 aromatic carbocycles. The number of hydrogen-bond donors (Lipinski definition) is 2. The normalized spacial score (nSPS) is 10.1. The SMILES string of the molecule is NC(=S)c1ncccc1Oc1cccc(CO)c1. The molecule has 0 aliphatic heterocycles. The van der Waals surface area contributed by atoms with Crippen LogP contribution in [0.4, 0.5) is 0 Å². The second-order valence-electron chi connectivity index (χ2n) is 3.62. The van der Waals surface area contributed by atoms with Gasteiger partial charge in [-0.1, -0.05) is 24.4 Å². The number of ether oxygens (including phenoxy) is 1. The lowest BCUT2D eigenvalue weighted by Crippen LogP contribution is -2.12. The minimum absolute atomic E-state index is 0.0353. The second-order valence-corrected chi connectivity index (χ2v) is 4.06. The standard InChI is InChI=1S/C13H12N2O2S/c14-13(18)12-11(5-2-6-15-12)17-10-4-1-3-9(7-10)8-16/h1-7,16H,8H2,(H2,14,18). The van der Waals surface area contributed by atoms with Gasteiger partial charge < -0.3 is 15.6 Å². The van der Waals surface area contributed by atoms with E-state index in [9.17, 15) is 0 Å². The lowest BCUT2D eigenvalue weighted by molar-refractivity contribution is 0.281.